The zero-order valence-corrected chi connectivity index (χ0v) is 20.5. The van der Waals surface area contributed by atoms with Crippen LogP contribution >= 0.6 is 11.6 Å². The molecule has 4 rings (SSSR count). The number of benzene rings is 3. The number of amides is 3. The minimum Gasteiger partial charge on any atom is -0.340 e. The van der Waals surface area contributed by atoms with E-state index < -0.39 is 0 Å². The average Bonchev–Trinajstić information content (AvgIpc) is 2.88. The van der Waals surface area contributed by atoms with Crippen LogP contribution in [-0.4, -0.2) is 59.4 Å². The first-order valence-electron chi connectivity index (χ1n) is 12.0. The third-order valence-electron chi connectivity index (χ3n) is 6.15. The summed E-state index contributed by atoms with van der Waals surface area (Å²) in [5.74, 6) is 0.0815. The van der Waals surface area contributed by atoms with E-state index in [4.69, 9.17) is 11.6 Å². The van der Waals surface area contributed by atoms with Crippen molar-refractivity contribution in [1.82, 2.24) is 14.7 Å². The molecule has 3 amide bonds. The number of carbonyl (C=O) groups excluding carboxylic acids is 2. The molecule has 0 radical (unpaired) electrons. The molecular weight excluding hydrogens is 460 g/mol. The average molecular weight is 491 g/mol. The second-order valence-corrected chi connectivity index (χ2v) is 9.18. The Morgan fingerprint density at radius 3 is 2.14 bits per heavy atom. The summed E-state index contributed by atoms with van der Waals surface area (Å²) in [6, 6.07) is 27.0. The summed E-state index contributed by atoms with van der Waals surface area (Å²) in [6.07, 6.45) is 0.286. The summed E-state index contributed by atoms with van der Waals surface area (Å²) in [4.78, 5) is 32.0. The second-order valence-electron chi connectivity index (χ2n) is 8.74. The van der Waals surface area contributed by atoms with Crippen LogP contribution in [0.2, 0.25) is 5.02 Å². The Hall–Kier alpha value is -3.35. The summed E-state index contributed by atoms with van der Waals surface area (Å²) in [6.45, 7) is 4.78. The van der Waals surface area contributed by atoms with Crippen LogP contribution in [0.25, 0.3) is 0 Å². The van der Waals surface area contributed by atoms with Crippen molar-refractivity contribution < 1.29 is 9.59 Å². The van der Waals surface area contributed by atoms with E-state index >= 15 is 0 Å². The first kappa shape index (κ1) is 24.8. The van der Waals surface area contributed by atoms with Gasteiger partial charge in [-0.15, -0.1) is 0 Å². The Kier molecular flexibility index (Phi) is 8.76. The maximum absolute atomic E-state index is 13.1. The van der Waals surface area contributed by atoms with Gasteiger partial charge in [0, 0.05) is 62.9 Å². The highest BCUT2D eigenvalue weighted by Crippen LogP contribution is 2.17. The minimum absolute atomic E-state index is 0.0815. The lowest BCUT2D eigenvalue weighted by molar-refractivity contribution is -0.133. The summed E-state index contributed by atoms with van der Waals surface area (Å²) >= 11 is 6.06. The molecule has 3 aromatic carbocycles. The highest BCUT2D eigenvalue weighted by Gasteiger charge is 2.23. The van der Waals surface area contributed by atoms with Gasteiger partial charge in [-0.1, -0.05) is 78.3 Å². The molecule has 0 aromatic heterocycles. The number of carbonyl (C=O) groups is 2. The van der Waals surface area contributed by atoms with Crippen LogP contribution < -0.4 is 5.32 Å². The molecule has 1 aliphatic rings. The van der Waals surface area contributed by atoms with Gasteiger partial charge in [0.25, 0.3) is 0 Å². The molecule has 1 N–H and O–H groups in total. The van der Waals surface area contributed by atoms with E-state index in [0.717, 1.165) is 25.2 Å². The number of halogens is 1. The Morgan fingerprint density at radius 1 is 0.829 bits per heavy atom. The molecule has 0 atom stereocenters. The number of piperazine rings is 1. The van der Waals surface area contributed by atoms with Gasteiger partial charge < -0.3 is 15.1 Å². The summed E-state index contributed by atoms with van der Waals surface area (Å²) < 4.78 is 0. The van der Waals surface area contributed by atoms with Crippen LogP contribution in [0.4, 0.5) is 10.5 Å². The van der Waals surface area contributed by atoms with Crippen molar-refractivity contribution >= 4 is 29.2 Å². The van der Waals surface area contributed by atoms with E-state index in [2.05, 4.69) is 34.5 Å². The van der Waals surface area contributed by atoms with E-state index in [1.165, 1.54) is 5.56 Å². The van der Waals surface area contributed by atoms with Crippen LogP contribution in [0, 0.1) is 0 Å². The number of hydrogen-bond acceptors (Lipinski definition) is 3. The third-order valence-corrected chi connectivity index (χ3v) is 6.38. The predicted octanol–water partition coefficient (Wildman–Crippen LogP) is 5.11. The Balaban J connectivity index is 1.31. The summed E-state index contributed by atoms with van der Waals surface area (Å²) in [5, 5.41) is 3.46. The van der Waals surface area contributed by atoms with Crippen LogP contribution in [0.3, 0.4) is 0 Å². The van der Waals surface area contributed by atoms with Gasteiger partial charge in [-0.05, 0) is 29.3 Å². The first-order chi connectivity index (χ1) is 17.1. The molecule has 0 aliphatic carbocycles. The van der Waals surface area contributed by atoms with Crippen LogP contribution in [0.15, 0.2) is 84.9 Å². The summed E-state index contributed by atoms with van der Waals surface area (Å²) in [7, 11) is 0. The number of nitrogens with zero attached hydrogens (tertiary/aromatic N) is 3. The quantitative estimate of drug-likeness (QED) is 0.477. The second kappa shape index (κ2) is 12.4. The largest absolute Gasteiger partial charge is 0.340 e. The lowest BCUT2D eigenvalue weighted by atomic mass is 10.2. The fourth-order valence-corrected chi connectivity index (χ4v) is 4.40. The molecule has 7 heteroatoms. The summed E-state index contributed by atoms with van der Waals surface area (Å²) in [5.41, 5.74) is 2.92. The zero-order chi connectivity index (χ0) is 24.5. The normalized spacial score (nSPS) is 13.9. The zero-order valence-electron chi connectivity index (χ0n) is 19.8. The van der Waals surface area contributed by atoms with Crippen molar-refractivity contribution in [3.63, 3.8) is 0 Å². The lowest BCUT2D eigenvalue weighted by Gasteiger charge is -2.35. The monoisotopic (exact) mass is 490 g/mol. The predicted molar refractivity (Wildman–Crippen MR) is 140 cm³/mol. The number of nitrogens with one attached hydrogen (secondary N) is 1. The Morgan fingerprint density at radius 2 is 1.49 bits per heavy atom. The molecule has 0 saturated carbocycles. The minimum atomic E-state index is -0.253. The third kappa shape index (κ3) is 7.57. The van der Waals surface area contributed by atoms with Crippen LogP contribution in [0.5, 0.6) is 0 Å². The topological polar surface area (TPSA) is 55.9 Å². The molecule has 1 fully saturated rings. The van der Waals surface area contributed by atoms with E-state index in [-0.39, 0.29) is 18.4 Å². The lowest BCUT2D eigenvalue weighted by Crippen LogP contribution is -2.49. The molecule has 1 saturated heterocycles. The van der Waals surface area contributed by atoms with Gasteiger partial charge in [0.2, 0.25) is 5.91 Å². The first-order valence-corrected chi connectivity index (χ1v) is 12.3. The van der Waals surface area contributed by atoms with E-state index in [0.29, 0.717) is 36.9 Å². The maximum Gasteiger partial charge on any atom is 0.322 e. The van der Waals surface area contributed by atoms with Crippen molar-refractivity contribution in [2.24, 2.45) is 0 Å². The SMILES string of the molecule is O=C(CCN(Cc1ccccc1)C(=O)Nc1cccc(Cl)c1)N1CCN(Cc2ccccc2)CC1. The Labute approximate surface area is 212 Å². The highest BCUT2D eigenvalue weighted by molar-refractivity contribution is 6.30. The van der Waals surface area contributed by atoms with Gasteiger partial charge in [0.05, 0.1) is 0 Å². The molecule has 3 aromatic rings. The number of urea groups is 1. The molecular formula is C28H31ClN4O2. The van der Waals surface area contributed by atoms with Crippen molar-refractivity contribution in [2.45, 2.75) is 19.5 Å². The van der Waals surface area contributed by atoms with Gasteiger partial charge in [0.1, 0.15) is 0 Å². The molecule has 0 spiro atoms. The molecule has 6 nitrogen and oxygen atoms in total. The molecule has 1 aliphatic heterocycles. The maximum atomic E-state index is 13.1. The molecule has 1 heterocycles. The van der Waals surface area contributed by atoms with Crippen molar-refractivity contribution in [2.75, 3.05) is 38.0 Å². The van der Waals surface area contributed by atoms with E-state index in [1.807, 2.05) is 41.3 Å². The fraction of sp³-hybridized carbons (Fsp3) is 0.286. The van der Waals surface area contributed by atoms with Gasteiger partial charge >= 0.3 is 6.03 Å². The van der Waals surface area contributed by atoms with Gasteiger partial charge in [-0.2, -0.15) is 0 Å². The van der Waals surface area contributed by atoms with Crippen molar-refractivity contribution in [1.29, 1.82) is 0 Å². The molecule has 0 unspecified atom stereocenters. The molecule has 0 bridgehead atoms. The van der Waals surface area contributed by atoms with Crippen molar-refractivity contribution in [3.05, 3.63) is 101 Å². The van der Waals surface area contributed by atoms with E-state index in [1.54, 1.807) is 29.2 Å². The van der Waals surface area contributed by atoms with Crippen LogP contribution in [0.1, 0.15) is 17.5 Å². The van der Waals surface area contributed by atoms with Gasteiger partial charge in [0.15, 0.2) is 0 Å². The van der Waals surface area contributed by atoms with Gasteiger partial charge in [-0.25, -0.2) is 4.79 Å². The molecule has 182 valence electrons. The standard InChI is InChI=1S/C28H31ClN4O2/c29-25-12-7-13-26(20-25)30-28(35)33(22-24-10-5-2-6-11-24)15-14-27(34)32-18-16-31(17-19-32)21-23-8-3-1-4-9-23/h1-13,20H,14-19,21-22H2,(H,30,35). The fourth-order valence-electron chi connectivity index (χ4n) is 4.21. The number of hydrogen-bond donors (Lipinski definition) is 1. The van der Waals surface area contributed by atoms with Gasteiger partial charge in [-0.3, -0.25) is 9.69 Å². The number of anilines is 1. The molecule has 35 heavy (non-hydrogen) atoms. The van der Waals surface area contributed by atoms with Crippen molar-refractivity contribution in [3.8, 4) is 0 Å². The highest BCUT2D eigenvalue weighted by atomic mass is 35.5. The van der Waals surface area contributed by atoms with Crippen LogP contribution in [-0.2, 0) is 17.9 Å². The smallest absolute Gasteiger partial charge is 0.322 e. The number of rotatable bonds is 8. The Bertz CT molecular complexity index is 1100. The van der Waals surface area contributed by atoms with E-state index in [9.17, 15) is 9.59 Å².